The topological polar surface area (TPSA) is 56.7 Å². The Kier molecular flexibility index (Phi) is 6.45. The van der Waals surface area contributed by atoms with Gasteiger partial charge in [0, 0.05) is 44.9 Å². The van der Waals surface area contributed by atoms with Crippen LogP contribution in [0.2, 0.25) is 0 Å². The first kappa shape index (κ1) is 19.9. The average molecular weight is 394 g/mol. The molecule has 2 aliphatic rings. The van der Waals surface area contributed by atoms with Gasteiger partial charge in [0.05, 0.1) is 5.56 Å². The van der Waals surface area contributed by atoms with Gasteiger partial charge in [-0.25, -0.2) is 4.98 Å². The second-order valence-corrected chi connectivity index (χ2v) is 8.45. The quantitative estimate of drug-likeness (QED) is 0.817. The highest BCUT2D eigenvalue weighted by Gasteiger charge is 2.25. The summed E-state index contributed by atoms with van der Waals surface area (Å²) < 4.78 is 0. The van der Waals surface area contributed by atoms with E-state index in [1.807, 2.05) is 17.0 Å². The summed E-state index contributed by atoms with van der Waals surface area (Å²) in [5.74, 6) is 2.04. The van der Waals surface area contributed by atoms with Gasteiger partial charge in [-0.2, -0.15) is 0 Å². The number of carbonyl (C=O) groups is 1. The number of pyridine rings is 1. The largest absolute Gasteiger partial charge is 0.396 e. The minimum atomic E-state index is 0.0974. The molecular formula is C24H31N3O2. The molecule has 0 aliphatic carbocycles. The fourth-order valence-corrected chi connectivity index (χ4v) is 4.51. The maximum atomic E-state index is 12.9. The van der Waals surface area contributed by atoms with Crippen molar-refractivity contribution in [2.75, 3.05) is 37.7 Å². The summed E-state index contributed by atoms with van der Waals surface area (Å²) in [5, 5.41) is 9.30. The van der Waals surface area contributed by atoms with Gasteiger partial charge >= 0.3 is 0 Å². The SMILES string of the molecule is O=C(c1ccc(N2CC[C@H](CO)C2)nc1)N1CCC(CCc2ccccc2)CC1. The van der Waals surface area contributed by atoms with Crippen LogP contribution in [-0.2, 0) is 6.42 Å². The third kappa shape index (κ3) is 4.96. The van der Waals surface area contributed by atoms with Crippen molar-refractivity contribution in [2.24, 2.45) is 11.8 Å². The third-order valence-corrected chi connectivity index (χ3v) is 6.45. The van der Waals surface area contributed by atoms with Gasteiger partial charge in [0.15, 0.2) is 0 Å². The van der Waals surface area contributed by atoms with Crippen molar-refractivity contribution >= 4 is 11.7 Å². The van der Waals surface area contributed by atoms with E-state index in [1.165, 1.54) is 12.0 Å². The highest BCUT2D eigenvalue weighted by atomic mass is 16.3. The van der Waals surface area contributed by atoms with E-state index in [1.54, 1.807) is 6.20 Å². The standard InChI is InChI=1S/C24H31N3O2/c28-18-21-12-15-27(17-21)23-9-8-22(16-25-23)24(29)26-13-10-20(11-14-26)7-6-19-4-2-1-3-5-19/h1-5,8-9,16,20-21,28H,6-7,10-15,17-18H2/t21-/m0/s1. The van der Waals surface area contributed by atoms with Crippen LogP contribution in [0.25, 0.3) is 0 Å². The van der Waals surface area contributed by atoms with Gasteiger partial charge in [-0.15, -0.1) is 0 Å². The molecule has 29 heavy (non-hydrogen) atoms. The number of aromatic nitrogens is 1. The van der Waals surface area contributed by atoms with Crippen molar-refractivity contribution in [3.8, 4) is 0 Å². The van der Waals surface area contributed by atoms with Gasteiger partial charge in [-0.05, 0) is 55.7 Å². The van der Waals surface area contributed by atoms with Crippen molar-refractivity contribution in [3.63, 3.8) is 0 Å². The second kappa shape index (κ2) is 9.40. The van der Waals surface area contributed by atoms with Crippen LogP contribution < -0.4 is 4.90 Å². The van der Waals surface area contributed by atoms with E-state index in [0.29, 0.717) is 17.4 Å². The molecule has 1 aromatic heterocycles. The van der Waals surface area contributed by atoms with Gasteiger partial charge < -0.3 is 14.9 Å². The Morgan fingerprint density at radius 3 is 2.41 bits per heavy atom. The van der Waals surface area contributed by atoms with Crippen molar-refractivity contribution in [1.29, 1.82) is 0 Å². The maximum absolute atomic E-state index is 12.9. The van der Waals surface area contributed by atoms with Crippen LogP contribution in [0.5, 0.6) is 0 Å². The molecule has 1 atom stereocenters. The fourth-order valence-electron chi connectivity index (χ4n) is 4.51. The summed E-state index contributed by atoms with van der Waals surface area (Å²) >= 11 is 0. The predicted octanol–water partition coefficient (Wildman–Crippen LogP) is 3.39. The lowest BCUT2D eigenvalue weighted by molar-refractivity contribution is 0.0686. The first-order chi connectivity index (χ1) is 14.2. The Balaban J connectivity index is 1.26. The molecule has 0 spiro atoms. The number of benzene rings is 1. The zero-order valence-corrected chi connectivity index (χ0v) is 17.0. The first-order valence-electron chi connectivity index (χ1n) is 10.9. The second-order valence-electron chi connectivity index (χ2n) is 8.45. The molecule has 1 aromatic carbocycles. The lowest BCUT2D eigenvalue weighted by atomic mass is 9.90. The molecule has 2 aliphatic heterocycles. The molecule has 154 valence electrons. The minimum absolute atomic E-state index is 0.0974. The summed E-state index contributed by atoms with van der Waals surface area (Å²) in [4.78, 5) is 21.5. The summed E-state index contributed by atoms with van der Waals surface area (Å²) in [6, 6.07) is 14.5. The number of piperidine rings is 1. The van der Waals surface area contributed by atoms with Crippen molar-refractivity contribution in [1.82, 2.24) is 9.88 Å². The Labute approximate surface area is 173 Å². The van der Waals surface area contributed by atoms with E-state index in [0.717, 1.165) is 57.7 Å². The van der Waals surface area contributed by atoms with E-state index >= 15 is 0 Å². The molecule has 1 N–H and O–H groups in total. The van der Waals surface area contributed by atoms with Gasteiger partial charge in [0.2, 0.25) is 0 Å². The van der Waals surface area contributed by atoms with Crippen LogP contribution in [0.4, 0.5) is 5.82 Å². The van der Waals surface area contributed by atoms with Gasteiger partial charge in [0.25, 0.3) is 5.91 Å². The van der Waals surface area contributed by atoms with Crippen LogP contribution in [-0.4, -0.2) is 53.7 Å². The van der Waals surface area contributed by atoms with E-state index in [2.05, 4.69) is 40.2 Å². The molecule has 0 radical (unpaired) electrons. The van der Waals surface area contributed by atoms with E-state index in [4.69, 9.17) is 0 Å². The molecule has 2 aromatic rings. The molecule has 0 saturated carbocycles. The molecule has 2 fully saturated rings. The first-order valence-corrected chi connectivity index (χ1v) is 10.9. The number of aliphatic hydroxyl groups excluding tert-OH is 1. The summed E-state index contributed by atoms with van der Waals surface area (Å²) in [6.07, 6.45) is 7.20. The Morgan fingerprint density at radius 1 is 1.00 bits per heavy atom. The maximum Gasteiger partial charge on any atom is 0.255 e. The van der Waals surface area contributed by atoms with Gasteiger partial charge in [0.1, 0.15) is 5.82 Å². The number of carbonyl (C=O) groups excluding carboxylic acids is 1. The lowest BCUT2D eigenvalue weighted by Crippen LogP contribution is -2.38. The molecular weight excluding hydrogens is 362 g/mol. The van der Waals surface area contributed by atoms with Crippen LogP contribution in [0.1, 0.15) is 41.6 Å². The molecule has 2 saturated heterocycles. The van der Waals surface area contributed by atoms with Crippen molar-refractivity contribution < 1.29 is 9.90 Å². The number of rotatable bonds is 6. The molecule has 1 amide bonds. The molecule has 5 heteroatoms. The number of amides is 1. The van der Waals surface area contributed by atoms with Crippen molar-refractivity contribution in [3.05, 3.63) is 59.8 Å². The van der Waals surface area contributed by atoms with Crippen LogP contribution in [0.3, 0.4) is 0 Å². The number of anilines is 1. The van der Waals surface area contributed by atoms with E-state index < -0.39 is 0 Å². The van der Waals surface area contributed by atoms with Crippen LogP contribution >= 0.6 is 0 Å². The van der Waals surface area contributed by atoms with Crippen LogP contribution in [0, 0.1) is 11.8 Å². The average Bonchev–Trinajstić information content (AvgIpc) is 3.28. The fraction of sp³-hybridized carbons (Fsp3) is 0.500. The van der Waals surface area contributed by atoms with Crippen molar-refractivity contribution in [2.45, 2.75) is 32.1 Å². The molecule has 4 rings (SSSR count). The highest BCUT2D eigenvalue weighted by molar-refractivity contribution is 5.94. The Bertz CT molecular complexity index is 786. The summed E-state index contributed by atoms with van der Waals surface area (Å²) in [5.41, 5.74) is 2.08. The van der Waals surface area contributed by atoms with Gasteiger partial charge in [-0.1, -0.05) is 30.3 Å². The predicted molar refractivity (Wildman–Crippen MR) is 115 cm³/mol. The van der Waals surface area contributed by atoms with Gasteiger partial charge in [-0.3, -0.25) is 4.79 Å². The van der Waals surface area contributed by atoms with Crippen LogP contribution in [0.15, 0.2) is 48.7 Å². The van der Waals surface area contributed by atoms with E-state index in [-0.39, 0.29) is 12.5 Å². The monoisotopic (exact) mass is 393 g/mol. The normalized spacial score (nSPS) is 20.2. The number of aryl methyl sites for hydroxylation is 1. The zero-order valence-electron chi connectivity index (χ0n) is 17.0. The summed E-state index contributed by atoms with van der Waals surface area (Å²) in [7, 11) is 0. The number of aliphatic hydroxyl groups is 1. The lowest BCUT2D eigenvalue weighted by Gasteiger charge is -2.32. The number of hydrogen-bond acceptors (Lipinski definition) is 4. The smallest absolute Gasteiger partial charge is 0.255 e. The molecule has 5 nitrogen and oxygen atoms in total. The Hall–Kier alpha value is -2.40. The number of hydrogen-bond donors (Lipinski definition) is 1. The molecule has 0 unspecified atom stereocenters. The third-order valence-electron chi connectivity index (χ3n) is 6.45. The summed E-state index contributed by atoms with van der Waals surface area (Å²) in [6.45, 7) is 3.67. The Morgan fingerprint density at radius 2 is 1.76 bits per heavy atom. The number of likely N-dealkylation sites (tertiary alicyclic amines) is 1. The molecule has 0 bridgehead atoms. The highest BCUT2D eigenvalue weighted by Crippen LogP contribution is 2.25. The molecule has 3 heterocycles. The zero-order chi connectivity index (χ0) is 20.1. The minimum Gasteiger partial charge on any atom is -0.396 e. The number of nitrogens with zero attached hydrogens (tertiary/aromatic N) is 3. The van der Waals surface area contributed by atoms with E-state index in [9.17, 15) is 9.90 Å².